The maximum atomic E-state index is 13.1. The van der Waals surface area contributed by atoms with Crippen molar-refractivity contribution in [3.05, 3.63) is 29.8 Å². The van der Waals surface area contributed by atoms with Crippen LogP contribution in [0, 0.1) is 11.8 Å². The van der Waals surface area contributed by atoms with Crippen molar-refractivity contribution in [2.24, 2.45) is 11.8 Å². The number of rotatable bonds is 4. The van der Waals surface area contributed by atoms with Gasteiger partial charge in [0, 0.05) is 24.6 Å². The molecule has 0 bridgehead atoms. The van der Waals surface area contributed by atoms with E-state index in [1.165, 1.54) is 12.1 Å². The number of piperidine rings is 1. The summed E-state index contributed by atoms with van der Waals surface area (Å²) < 4.78 is 0. The van der Waals surface area contributed by atoms with Crippen molar-refractivity contribution in [1.29, 1.82) is 0 Å². The van der Waals surface area contributed by atoms with Crippen LogP contribution in [0.5, 0.6) is 5.75 Å². The fraction of sp³-hybridized carbons (Fsp3) is 0.565. The maximum Gasteiger partial charge on any atom is 0.325 e. The molecule has 4 rings (SSSR count). The Morgan fingerprint density at radius 1 is 1.10 bits per heavy atom. The van der Waals surface area contributed by atoms with Crippen LogP contribution in [-0.4, -0.2) is 63.7 Å². The Balaban J connectivity index is 1.34. The van der Waals surface area contributed by atoms with Gasteiger partial charge in [-0.05, 0) is 55.9 Å². The number of imide groups is 1. The number of carbonyl (C=O) groups excluding carboxylic acids is 4. The Morgan fingerprint density at radius 3 is 2.42 bits per heavy atom. The van der Waals surface area contributed by atoms with Gasteiger partial charge in [0.2, 0.25) is 5.91 Å². The number of phenolic OH excluding ortho intramolecular Hbond substituents is 1. The van der Waals surface area contributed by atoms with Crippen LogP contribution in [0.4, 0.5) is 4.79 Å². The summed E-state index contributed by atoms with van der Waals surface area (Å²) in [5.74, 6) is -0.553. The van der Waals surface area contributed by atoms with E-state index in [9.17, 15) is 24.3 Å². The zero-order valence-corrected chi connectivity index (χ0v) is 17.8. The number of Topliss-reactive ketones (excluding diaryl/α,β-unsaturated/α-hetero) is 1. The third-order valence-electron chi connectivity index (χ3n) is 7.17. The van der Waals surface area contributed by atoms with E-state index in [0.29, 0.717) is 37.9 Å². The van der Waals surface area contributed by atoms with E-state index in [1.54, 1.807) is 17.0 Å². The van der Waals surface area contributed by atoms with Gasteiger partial charge in [0.25, 0.3) is 5.91 Å². The first-order valence-electron chi connectivity index (χ1n) is 11.1. The van der Waals surface area contributed by atoms with Crippen molar-refractivity contribution in [3.8, 4) is 5.75 Å². The second kappa shape index (κ2) is 8.32. The molecule has 1 saturated carbocycles. The second-order valence-electron chi connectivity index (χ2n) is 9.01. The third kappa shape index (κ3) is 3.91. The summed E-state index contributed by atoms with van der Waals surface area (Å²) in [7, 11) is 0. The van der Waals surface area contributed by atoms with Gasteiger partial charge in [-0.3, -0.25) is 19.3 Å². The summed E-state index contributed by atoms with van der Waals surface area (Å²) in [4.78, 5) is 53.7. The van der Waals surface area contributed by atoms with E-state index < -0.39 is 11.6 Å². The van der Waals surface area contributed by atoms with Crippen LogP contribution in [0.1, 0.15) is 55.8 Å². The zero-order valence-electron chi connectivity index (χ0n) is 17.8. The Bertz CT molecular complexity index is 891. The molecule has 3 aliphatic rings. The lowest BCUT2D eigenvalue weighted by atomic mass is 9.73. The van der Waals surface area contributed by atoms with Gasteiger partial charge in [-0.1, -0.05) is 19.8 Å². The molecule has 2 N–H and O–H groups in total. The number of phenols is 1. The largest absolute Gasteiger partial charge is 0.508 e. The molecule has 2 saturated heterocycles. The molecule has 0 radical (unpaired) electrons. The molecule has 2 aliphatic heterocycles. The molecule has 31 heavy (non-hydrogen) atoms. The number of likely N-dealkylation sites (tertiary alicyclic amines) is 1. The first-order chi connectivity index (χ1) is 14.8. The predicted molar refractivity (Wildman–Crippen MR) is 112 cm³/mol. The minimum Gasteiger partial charge on any atom is -0.508 e. The molecule has 4 amide bonds. The molecule has 0 aromatic heterocycles. The summed E-state index contributed by atoms with van der Waals surface area (Å²) >= 11 is 0. The Labute approximate surface area is 181 Å². The first-order valence-corrected chi connectivity index (χ1v) is 11.1. The highest BCUT2D eigenvalue weighted by Gasteiger charge is 2.55. The third-order valence-corrected chi connectivity index (χ3v) is 7.17. The van der Waals surface area contributed by atoms with E-state index in [4.69, 9.17) is 0 Å². The fourth-order valence-electron chi connectivity index (χ4n) is 5.13. The molecular weight excluding hydrogens is 398 g/mol. The van der Waals surface area contributed by atoms with Crippen molar-refractivity contribution in [1.82, 2.24) is 15.1 Å². The molecule has 0 unspecified atom stereocenters. The van der Waals surface area contributed by atoms with Crippen LogP contribution in [-0.2, 0) is 9.59 Å². The average Bonchev–Trinajstić information content (AvgIpc) is 3.01. The first kappa shape index (κ1) is 21.3. The van der Waals surface area contributed by atoms with E-state index in [0.717, 1.165) is 24.2 Å². The van der Waals surface area contributed by atoms with Crippen molar-refractivity contribution >= 4 is 23.6 Å². The van der Waals surface area contributed by atoms with E-state index in [2.05, 4.69) is 5.32 Å². The molecule has 8 heteroatoms. The number of carbonyl (C=O) groups is 4. The molecule has 166 valence electrons. The van der Waals surface area contributed by atoms with E-state index >= 15 is 0 Å². The highest BCUT2D eigenvalue weighted by molar-refractivity contribution is 6.09. The van der Waals surface area contributed by atoms with Gasteiger partial charge in [0.1, 0.15) is 17.8 Å². The summed E-state index contributed by atoms with van der Waals surface area (Å²) in [5, 5.41) is 12.3. The Morgan fingerprint density at radius 2 is 1.77 bits per heavy atom. The number of urea groups is 1. The maximum absolute atomic E-state index is 13.1. The molecule has 2 heterocycles. The molecule has 2 atom stereocenters. The number of hydrogen-bond donors (Lipinski definition) is 2. The second-order valence-corrected chi connectivity index (χ2v) is 9.01. The molecule has 1 aliphatic carbocycles. The monoisotopic (exact) mass is 427 g/mol. The molecule has 1 spiro atoms. The van der Waals surface area contributed by atoms with E-state index in [-0.39, 0.29) is 41.7 Å². The lowest BCUT2D eigenvalue weighted by molar-refractivity contribution is -0.141. The predicted octanol–water partition coefficient (Wildman–Crippen LogP) is 2.31. The van der Waals surface area contributed by atoms with Crippen molar-refractivity contribution in [2.75, 3.05) is 19.6 Å². The number of benzene rings is 1. The SMILES string of the molecule is C[C@H]1CCCC[C@@]12NC(=O)N(CC(=O)N1CCC(C(=O)c3ccc(O)cc3)CC1)C2=O. The normalized spacial score (nSPS) is 26.9. The highest BCUT2D eigenvalue weighted by Crippen LogP contribution is 2.38. The number of nitrogens with one attached hydrogen (secondary N) is 1. The smallest absolute Gasteiger partial charge is 0.325 e. The standard InChI is InChI=1S/C23H29N3O5/c1-15-4-2-3-11-23(15)21(30)26(22(31)24-23)14-19(28)25-12-9-17(10-13-25)20(29)16-5-7-18(27)8-6-16/h5-8,15,17,27H,2-4,9-14H2,1H3,(H,24,31)/t15-,23+/m0/s1. The molecule has 1 aromatic carbocycles. The minimum atomic E-state index is -0.862. The summed E-state index contributed by atoms with van der Waals surface area (Å²) in [6.45, 7) is 2.56. The van der Waals surface area contributed by atoms with Crippen LogP contribution in [0.15, 0.2) is 24.3 Å². The summed E-state index contributed by atoms with van der Waals surface area (Å²) in [5.41, 5.74) is -0.312. The Hall–Kier alpha value is -2.90. The molecule has 3 fully saturated rings. The van der Waals surface area contributed by atoms with Crippen LogP contribution < -0.4 is 5.32 Å². The van der Waals surface area contributed by atoms with Crippen LogP contribution in [0.25, 0.3) is 0 Å². The average molecular weight is 428 g/mol. The van der Waals surface area contributed by atoms with Gasteiger partial charge in [0.05, 0.1) is 0 Å². The number of hydrogen-bond acceptors (Lipinski definition) is 5. The van der Waals surface area contributed by atoms with Gasteiger partial charge in [-0.2, -0.15) is 0 Å². The van der Waals surface area contributed by atoms with Gasteiger partial charge in [-0.15, -0.1) is 0 Å². The lowest BCUT2D eigenvalue weighted by Crippen LogP contribution is -2.54. The Kier molecular flexibility index (Phi) is 5.73. The number of ketones is 1. The lowest BCUT2D eigenvalue weighted by Gasteiger charge is -2.37. The number of amides is 4. The van der Waals surface area contributed by atoms with Crippen LogP contribution in [0.3, 0.4) is 0 Å². The van der Waals surface area contributed by atoms with Crippen LogP contribution in [0.2, 0.25) is 0 Å². The van der Waals surface area contributed by atoms with Crippen molar-refractivity contribution in [3.63, 3.8) is 0 Å². The molecular formula is C23H29N3O5. The highest BCUT2D eigenvalue weighted by atomic mass is 16.3. The zero-order chi connectivity index (χ0) is 22.2. The fourth-order valence-corrected chi connectivity index (χ4v) is 5.13. The minimum absolute atomic E-state index is 0.00873. The van der Waals surface area contributed by atoms with Gasteiger partial charge in [0.15, 0.2) is 5.78 Å². The molecule has 1 aromatic rings. The summed E-state index contributed by atoms with van der Waals surface area (Å²) in [6, 6.07) is 5.71. The topological polar surface area (TPSA) is 107 Å². The van der Waals surface area contributed by atoms with Gasteiger partial charge in [-0.25, -0.2) is 4.79 Å². The van der Waals surface area contributed by atoms with E-state index in [1.807, 2.05) is 6.92 Å². The quantitative estimate of drug-likeness (QED) is 0.566. The van der Waals surface area contributed by atoms with Gasteiger partial charge >= 0.3 is 6.03 Å². The number of aromatic hydroxyl groups is 1. The van der Waals surface area contributed by atoms with Gasteiger partial charge < -0.3 is 15.3 Å². The number of nitrogens with zero attached hydrogens (tertiary/aromatic N) is 2. The van der Waals surface area contributed by atoms with Crippen molar-refractivity contribution < 1.29 is 24.3 Å². The summed E-state index contributed by atoms with van der Waals surface area (Å²) in [6.07, 6.45) is 4.51. The van der Waals surface area contributed by atoms with Crippen molar-refractivity contribution in [2.45, 2.75) is 51.0 Å². The van der Waals surface area contributed by atoms with Crippen LogP contribution >= 0.6 is 0 Å². The molecule has 8 nitrogen and oxygen atoms in total.